The van der Waals surface area contributed by atoms with E-state index >= 15 is 0 Å². The average molecular weight is 353 g/mol. The highest BCUT2D eigenvalue weighted by Gasteiger charge is 2.49. The van der Waals surface area contributed by atoms with Gasteiger partial charge in [-0.3, -0.25) is 0 Å². The summed E-state index contributed by atoms with van der Waals surface area (Å²) in [5.74, 6) is 0. The lowest BCUT2D eigenvalue weighted by Crippen LogP contribution is -2.22. The second-order valence-electron chi connectivity index (χ2n) is 4.10. The Morgan fingerprint density at radius 3 is 2.09 bits per heavy atom. The number of benzene rings is 1. The number of nitriles is 1. The van der Waals surface area contributed by atoms with E-state index in [2.05, 4.69) is 5.10 Å². The summed E-state index contributed by atoms with van der Waals surface area (Å²) in [4.78, 5) is -1.70. The van der Waals surface area contributed by atoms with Crippen molar-refractivity contribution in [1.29, 1.82) is 5.26 Å². The zero-order chi connectivity index (χ0) is 17.4. The summed E-state index contributed by atoms with van der Waals surface area (Å²) >= 11 is 0. The largest absolute Gasteiger partial charge is 0.476 e. The highest BCUT2D eigenvalue weighted by atomic mass is 32.2. The van der Waals surface area contributed by atoms with Crippen LogP contribution in [0.5, 0.6) is 0 Å². The van der Waals surface area contributed by atoms with Crippen molar-refractivity contribution in [3.05, 3.63) is 41.7 Å². The summed E-state index contributed by atoms with van der Waals surface area (Å²) in [5.41, 5.74) is -8.77. The number of aromatic nitrogens is 2. The van der Waals surface area contributed by atoms with Crippen LogP contribution in [0.25, 0.3) is 5.69 Å². The molecular weight excluding hydrogens is 348 g/mol. The van der Waals surface area contributed by atoms with Crippen molar-refractivity contribution in [3.8, 4) is 11.8 Å². The van der Waals surface area contributed by atoms with Crippen molar-refractivity contribution in [3.63, 3.8) is 0 Å². The SMILES string of the molecule is N#Cc1nn(-c2ccccc2)c(C(F)(F)F)c1S(=O)C(F)(F)F. The predicted molar refractivity (Wildman–Crippen MR) is 65.7 cm³/mol. The molecule has 0 aliphatic rings. The maximum Gasteiger partial charge on any atom is 0.476 e. The first-order chi connectivity index (χ1) is 10.6. The highest BCUT2D eigenvalue weighted by Crippen LogP contribution is 2.40. The lowest BCUT2D eigenvalue weighted by Gasteiger charge is -2.13. The molecule has 0 saturated heterocycles. The van der Waals surface area contributed by atoms with E-state index in [1.165, 1.54) is 18.2 Å². The van der Waals surface area contributed by atoms with E-state index in [1.807, 2.05) is 0 Å². The van der Waals surface area contributed by atoms with Crippen LogP contribution in [0.1, 0.15) is 11.4 Å². The van der Waals surface area contributed by atoms with Crippen molar-refractivity contribution in [2.45, 2.75) is 16.6 Å². The molecule has 2 aromatic rings. The Balaban J connectivity index is 2.85. The molecule has 4 nitrogen and oxygen atoms in total. The molecule has 1 aromatic carbocycles. The molecule has 1 unspecified atom stereocenters. The fourth-order valence-electron chi connectivity index (χ4n) is 1.77. The van der Waals surface area contributed by atoms with Crippen LogP contribution in [-0.2, 0) is 17.0 Å². The molecule has 0 radical (unpaired) electrons. The van der Waals surface area contributed by atoms with Gasteiger partial charge in [0, 0.05) is 0 Å². The van der Waals surface area contributed by atoms with Gasteiger partial charge in [0.25, 0.3) is 0 Å². The molecule has 1 atom stereocenters. The van der Waals surface area contributed by atoms with E-state index in [4.69, 9.17) is 5.26 Å². The molecule has 11 heteroatoms. The van der Waals surface area contributed by atoms with Crippen LogP contribution in [0.4, 0.5) is 26.3 Å². The van der Waals surface area contributed by atoms with Gasteiger partial charge in [-0.05, 0) is 12.1 Å². The monoisotopic (exact) mass is 353 g/mol. The lowest BCUT2D eigenvalue weighted by atomic mass is 10.3. The fraction of sp³-hybridized carbons (Fsp3) is 0.167. The molecule has 122 valence electrons. The molecular formula is C12H5F6N3OS. The fourth-order valence-corrected chi connectivity index (χ4v) is 2.64. The molecule has 0 bridgehead atoms. The van der Waals surface area contributed by atoms with E-state index in [0.717, 1.165) is 18.2 Å². The number of halogens is 6. The minimum atomic E-state index is -5.46. The average Bonchev–Trinajstić information content (AvgIpc) is 2.85. The van der Waals surface area contributed by atoms with Gasteiger partial charge < -0.3 is 0 Å². The Morgan fingerprint density at radius 1 is 1.09 bits per heavy atom. The normalized spacial score (nSPS) is 13.6. The third kappa shape index (κ3) is 3.21. The van der Waals surface area contributed by atoms with Gasteiger partial charge in [-0.1, -0.05) is 18.2 Å². The molecule has 0 amide bonds. The Hall–Kier alpha value is -2.35. The van der Waals surface area contributed by atoms with Gasteiger partial charge in [0.15, 0.2) is 22.2 Å². The smallest absolute Gasteiger partial charge is 0.245 e. The second kappa shape index (κ2) is 5.69. The summed E-state index contributed by atoms with van der Waals surface area (Å²) in [6, 6.07) is 7.59. The third-order valence-corrected chi connectivity index (χ3v) is 3.79. The zero-order valence-corrected chi connectivity index (χ0v) is 11.6. The number of rotatable bonds is 2. The maximum absolute atomic E-state index is 13.2. The molecule has 23 heavy (non-hydrogen) atoms. The lowest BCUT2D eigenvalue weighted by molar-refractivity contribution is -0.145. The molecule has 0 N–H and O–H groups in total. The van der Waals surface area contributed by atoms with Gasteiger partial charge in [-0.15, -0.1) is 0 Å². The van der Waals surface area contributed by atoms with E-state index in [0.29, 0.717) is 0 Å². The minimum absolute atomic E-state index is 0.136. The van der Waals surface area contributed by atoms with Gasteiger partial charge in [0.05, 0.1) is 5.69 Å². The van der Waals surface area contributed by atoms with E-state index < -0.39 is 38.8 Å². The molecule has 0 aliphatic heterocycles. The van der Waals surface area contributed by atoms with Crippen molar-refractivity contribution < 1.29 is 30.6 Å². The van der Waals surface area contributed by atoms with Crippen molar-refractivity contribution >= 4 is 10.8 Å². The first-order valence-electron chi connectivity index (χ1n) is 5.71. The van der Waals surface area contributed by atoms with Crippen molar-refractivity contribution in [2.24, 2.45) is 0 Å². The predicted octanol–water partition coefficient (Wildman–Crippen LogP) is 3.39. The number of hydrogen-bond acceptors (Lipinski definition) is 3. The van der Waals surface area contributed by atoms with Crippen LogP contribution >= 0.6 is 0 Å². The maximum atomic E-state index is 13.2. The number of hydrogen-bond donors (Lipinski definition) is 0. The van der Waals surface area contributed by atoms with Crippen LogP contribution in [0.15, 0.2) is 35.2 Å². The molecule has 0 fully saturated rings. The van der Waals surface area contributed by atoms with E-state index in [1.54, 1.807) is 0 Å². The molecule has 2 rings (SSSR count). The van der Waals surface area contributed by atoms with Crippen LogP contribution in [0.2, 0.25) is 0 Å². The van der Waals surface area contributed by atoms with Crippen LogP contribution in [-0.4, -0.2) is 19.5 Å². The highest BCUT2D eigenvalue weighted by molar-refractivity contribution is 7.86. The quantitative estimate of drug-likeness (QED) is 0.778. The first kappa shape index (κ1) is 17.0. The van der Waals surface area contributed by atoms with Crippen LogP contribution in [0, 0.1) is 11.3 Å². The minimum Gasteiger partial charge on any atom is -0.245 e. The molecule has 0 aliphatic carbocycles. The van der Waals surface area contributed by atoms with Gasteiger partial charge in [-0.2, -0.15) is 36.7 Å². The van der Waals surface area contributed by atoms with Gasteiger partial charge >= 0.3 is 11.7 Å². The molecule has 1 aromatic heterocycles. The number of alkyl halides is 6. The van der Waals surface area contributed by atoms with Crippen molar-refractivity contribution in [1.82, 2.24) is 9.78 Å². The number of para-hydroxylation sites is 1. The second-order valence-corrected chi connectivity index (χ2v) is 5.51. The Bertz CT molecular complexity index is 788. The summed E-state index contributed by atoms with van der Waals surface area (Å²) < 4.78 is 89.1. The van der Waals surface area contributed by atoms with Gasteiger partial charge in [0.1, 0.15) is 11.0 Å². The summed E-state index contributed by atoms with van der Waals surface area (Å²) in [6.45, 7) is 0. The summed E-state index contributed by atoms with van der Waals surface area (Å²) in [7, 11) is -4.05. The zero-order valence-electron chi connectivity index (χ0n) is 10.8. The summed E-state index contributed by atoms with van der Waals surface area (Å²) in [5, 5.41) is 12.0. The van der Waals surface area contributed by atoms with Crippen LogP contribution < -0.4 is 0 Å². The number of nitrogens with zero attached hydrogens (tertiary/aromatic N) is 3. The topological polar surface area (TPSA) is 58.7 Å². The Morgan fingerprint density at radius 2 is 1.65 bits per heavy atom. The Labute approximate surface area is 127 Å². The molecule has 1 heterocycles. The van der Waals surface area contributed by atoms with Gasteiger partial charge in [0.2, 0.25) is 0 Å². The first-order valence-corrected chi connectivity index (χ1v) is 6.86. The van der Waals surface area contributed by atoms with Crippen molar-refractivity contribution in [2.75, 3.05) is 0 Å². The Kier molecular flexibility index (Phi) is 4.21. The molecule has 0 spiro atoms. The third-order valence-electron chi connectivity index (χ3n) is 2.61. The summed E-state index contributed by atoms with van der Waals surface area (Å²) in [6.07, 6.45) is -5.30. The van der Waals surface area contributed by atoms with Crippen LogP contribution in [0.3, 0.4) is 0 Å². The standard InChI is InChI=1S/C12H5F6N3OS/c13-11(14,15)10-9(23(22)12(16,17)18)8(6-19)20-21(10)7-4-2-1-3-5-7/h1-5H. The van der Waals surface area contributed by atoms with E-state index in [9.17, 15) is 30.6 Å². The van der Waals surface area contributed by atoms with Gasteiger partial charge in [-0.25, -0.2) is 8.89 Å². The van der Waals surface area contributed by atoms with E-state index in [-0.39, 0.29) is 10.4 Å². The molecule has 0 saturated carbocycles.